The van der Waals surface area contributed by atoms with Crippen LogP contribution in [0.1, 0.15) is 149 Å². The minimum atomic E-state index is 0.411. The Morgan fingerprint density at radius 2 is 0.692 bits per heavy atom. The van der Waals surface area contributed by atoms with Crippen molar-refractivity contribution in [2.75, 3.05) is 6.61 Å². The van der Waals surface area contributed by atoms with Crippen molar-refractivity contribution in [2.45, 2.75) is 149 Å². The van der Waals surface area contributed by atoms with Crippen molar-refractivity contribution < 1.29 is 5.11 Å². The first-order chi connectivity index (χ1) is 12.8. The van der Waals surface area contributed by atoms with Crippen molar-refractivity contribution in [3.8, 4) is 0 Å². The van der Waals surface area contributed by atoms with Crippen molar-refractivity contribution in [2.24, 2.45) is 5.92 Å². The van der Waals surface area contributed by atoms with Gasteiger partial charge in [0.2, 0.25) is 0 Å². The highest BCUT2D eigenvalue weighted by atomic mass is 16.3. The number of hydrogen-bond acceptors (Lipinski definition) is 1. The Bertz CT molecular complexity index is 238. The fourth-order valence-electron chi connectivity index (χ4n) is 3.99. The van der Waals surface area contributed by atoms with E-state index in [1.807, 2.05) is 0 Å². The molecule has 0 aliphatic rings. The zero-order chi connectivity index (χ0) is 19.1. The fourth-order valence-corrected chi connectivity index (χ4v) is 3.99. The maximum absolute atomic E-state index is 9.59. The van der Waals surface area contributed by atoms with Gasteiger partial charge in [-0.3, -0.25) is 0 Å². The molecule has 1 heteroatoms. The summed E-state index contributed by atoms with van der Waals surface area (Å²) in [5.74, 6) is 0.577. The summed E-state index contributed by atoms with van der Waals surface area (Å²) in [6.07, 6.45) is 29.2. The number of aliphatic hydroxyl groups is 1. The van der Waals surface area contributed by atoms with Crippen LogP contribution < -0.4 is 0 Å². The highest BCUT2D eigenvalue weighted by Gasteiger charge is 2.07. The van der Waals surface area contributed by atoms with Gasteiger partial charge in [-0.15, -0.1) is 0 Å². The van der Waals surface area contributed by atoms with Crippen LogP contribution in [0.15, 0.2) is 0 Å². The Labute approximate surface area is 166 Å². The van der Waals surface area contributed by atoms with Gasteiger partial charge in [-0.05, 0) is 18.8 Å². The van der Waals surface area contributed by atoms with Crippen LogP contribution in [0, 0.1) is 5.92 Å². The molecule has 0 aliphatic carbocycles. The lowest BCUT2D eigenvalue weighted by Crippen LogP contribution is -2.06. The number of aliphatic hydroxyl groups excluding tert-OH is 1. The molecule has 0 fully saturated rings. The summed E-state index contributed by atoms with van der Waals surface area (Å²) in [5, 5.41) is 9.59. The maximum atomic E-state index is 9.59. The van der Waals surface area contributed by atoms with Gasteiger partial charge in [-0.1, -0.05) is 136 Å². The Balaban J connectivity index is 3.28. The molecule has 1 N–H and O–H groups in total. The Morgan fingerprint density at radius 3 is 0.962 bits per heavy atom. The summed E-state index contributed by atoms with van der Waals surface area (Å²) in [6, 6.07) is 0. The highest BCUT2D eigenvalue weighted by molar-refractivity contribution is 4.59. The summed E-state index contributed by atoms with van der Waals surface area (Å²) < 4.78 is 0. The van der Waals surface area contributed by atoms with E-state index in [4.69, 9.17) is 0 Å². The van der Waals surface area contributed by atoms with Crippen LogP contribution >= 0.6 is 0 Å². The predicted molar refractivity (Wildman–Crippen MR) is 119 cm³/mol. The van der Waals surface area contributed by atoms with Crippen LogP contribution in [0.3, 0.4) is 0 Å². The minimum absolute atomic E-state index is 0.411. The first-order valence-corrected chi connectivity index (χ1v) is 12.5. The Kier molecular flexibility index (Phi) is 23.0. The molecule has 1 unspecified atom stereocenters. The normalized spacial score (nSPS) is 12.6. The SMILES string of the molecule is CCCCCCCCCCCCC(CO)CCCCCCCCCCC. The standard InChI is InChI=1S/C25H52O/c1-3-5-7-9-11-13-15-17-19-21-23-25(24-26)22-20-18-16-14-12-10-8-6-4-2/h25-26H,3-24H2,1-2H3. The first-order valence-electron chi connectivity index (χ1n) is 12.5. The molecule has 0 bridgehead atoms. The van der Waals surface area contributed by atoms with E-state index >= 15 is 0 Å². The lowest BCUT2D eigenvalue weighted by molar-refractivity contribution is 0.204. The number of unbranched alkanes of at least 4 members (excludes halogenated alkanes) is 17. The predicted octanol–water partition coefficient (Wildman–Crippen LogP) is 8.83. The van der Waals surface area contributed by atoms with E-state index in [1.54, 1.807) is 0 Å². The van der Waals surface area contributed by atoms with Crippen molar-refractivity contribution in [1.82, 2.24) is 0 Å². The second kappa shape index (κ2) is 23.0. The molecule has 0 aromatic carbocycles. The summed E-state index contributed by atoms with van der Waals surface area (Å²) in [6.45, 7) is 4.98. The van der Waals surface area contributed by atoms with Crippen LogP contribution in [0.25, 0.3) is 0 Å². The molecule has 0 heterocycles. The summed E-state index contributed by atoms with van der Waals surface area (Å²) in [7, 11) is 0. The first kappa shape index (κ1) is 26.0. The van der Waals surface area contributed by atoms with Crippen molar-refractivity contribution in [3.63, 3.8) is 0 Å². The van der Waals surface area contributed by atoms with E-state index in [1.165, 1.54) is 135 Å². The third-order valence-corrected chi connectivity index (χ3v) is 5.94. The van der Waals surface area contributed by atoms with Gasteiger partial charge >= 0.3 is 0 Å². The lowest BCUT2D eigenvalue weighted by Gasteiger charge is -2.13. The van der Waals surface area contributed by atoms with Crippen molar-refractivity contribution in [1.29, 1.82) is 0 Å². The molecule has 158 valence electrons. The summed E-state index contributed by atoms with van der Waals surface area (Å²) in [4.78, 5) is 0. The molecule has 0 aromatic heterocycles. The number of rotatable bonds is 22. The monoisotopic (exact) mass is 368 g/mol. The molecule has 0 saturated carbocycles. The van der Waals surface area contributed by atoms with E-state index in [9.17, 15) is 5.11 Å². The molecule has 26 heavy (non-hydrogen) atoms. The number of hydrogen-bond donors (Lipinski definition) is 1. The van der Waals surface area contributed by atoms with Gasteiger partial charge in [-0.25, -0.2) is 0 Å². The Hall–Kier alpha value is -0.0400. The molecule has 1 atom stereocenters. The average Bonchev–Trinajstić information content (AvgIpc) is 2.66. The van der Waals surface area contributed by atoms with Crippen LogP contribution in [0.4, 0.5) is 0 Å². The van der Waals surface area contributed by atoms with Gasteiger partial charge in [0.15, 0.2) is 0 Å². The van der Waals surface area contributed by atoms with Gasteiger partial charge in [0.1, 0.15) is 0 Å². The van der Waals surface area contributed by atoms with Gasteiger partial charge in [0.05, 0.1) is 0 Å². The second-order valence-electron chi connectivity index (χ2n) is 8.64. The van der Waals surface area contributed by atoms with Crippen LogP contribution in [0.2, 0.25) is 0 Å². The molecule has 0 aromatic rings. The van der Waals surface area contributed by atoms with Gasteiger partial charge in [0.25, 0.3) is 0 Å². The molecule has 0 radical (unpaired) electrons. The third-order valence-electron chi connectivity index (χ3n) is 5.94. The fraction of sp³-hybridized carbons (Fsp3) is 1.00. The molecule has 1 nitrogen and oxygen atoms in total. The zero-order valence-electron chi connectivity index (χ0n) is 18.6. The van der Waals surface area contributed by atoms with E-state index in [-0.39, 0.29) is 0 Å². The molecule has 0 aliphatic heterocycles. The van der Waals surface area contributed by atoms with E-state index in [0.717, 1.165) is 0 Å². The smallest absolute Gasteiger partial charge is 0.0459 e. The van der Waals surface area contributed by atoms with Crippen LogP contribution in [-0.4, -0.2) is 11.7 Å². The van der Waals surface area contributed by atoms with Gasteiger partial charge in [0, 0.05) is 6.61 Å². The van der Waals surface area contributed by atoms with Gasteiger partial charge < -0.3 is 5.11 Å². The maximum Gasteiger partial charge on any atom is 0.0459 e. The third kappa shape index (κ3) is 20.3. The largest absolute Gasteiger partial charge is 0.396 e. The zero-order valence-corrected chi connectivity index (χ0v) is 18.6. The van der Waals surface area contributed by atoms with E-state index < -0.39 is 0 Å². The molecule has 0 spiro atoms. The van der Waals surface area contributed by atoms with Crippen molar-refractivity contribution >= 4 is 0 Å². The quantitative estimate of drug-likeness (QED) is 0.189. The average molecular weight is 369 g/mol. The molecule has 0 rings (SSSR count). The molecule has 0 amide bonds. The topological polar surface area (TPSA) is 20.2 Å². The van der Waals surface area contributed by atoms with Crippen molar-refractivity contribution in [3.05, 3.63) is 0 Å². The second-order valence-corrected chi connectivity index (χ2v) is 8.64. The Morgan fingerprint density at radius 1 is 0.423 bits per heavy atom. The van der Waals surface area contributed by atoms with Gasteiger partial charge in [-0.2, -0.15) is 0 Å². The molecular weight excluding hydrogens is 316 g/mol. The van der Waals surface area contributed by atoms with Crippen LogP contribution in [-0.2, 0) is 0 Å². The highest BCUT2D eigenvalue weighted by Crippen LogP contribution is 2.19. The summed E-state index contributed by atoms with van der Waals surface area (Å²) in [5.41, 5.74) is 0. The van der Waals surface area contributed by atoms with Crippen LogP contribution in [0.5, 0.6) is 0 Å². The molecular formula is C25H52O. The lowest BCUT2D eigenvalue weighted by atomic mass is 9.94. The minimum Gasteiger partial charge on any atom is -0.396 e. The molecule has 0 saturated heterocycles. The van der Waals surface area contributed by atoms with E-state index in [2.05, 4.69) is 13.8 Å². The van der Waals surface area contributed by atoms with E-state index in [0.29, 0.717) is 12.5 Å². The summed E-state index contributed by atoms with van der Waals surface area (Å²) >= 11 is 0.